The van der Waals surface area contributed by atoms with E-state index in [2.05, 4.69) is 16.7 Å². The third-order valence-corrected chi connectivity index (χ3v) is 3.67. The van der Waals surface area contributed by atoms with Gasteiger partial charge >= 0.3 is 0 Å². The minimum Gasteiger partial charge on any atom is -0.466 e. The van der Waals surface area contributed by atoms with Crippen molar-refractivity contribution in [2.45, 2.75) is 26.8 Å². The van der Waals surface area contributed by atoms with Crippen molar-refractivity contribution in [2.75, 3.05) is 11.9 Å². The summed E-state index contributed by atoms with van der Waals surface area (Å²) in [5, 5.41) is 6.35. The van der Waals surface area contributed by atoms with Gasteiger partial charge in [0.15, 0.2) is 0 Å². The summed E-state index contributed by atoms with van der Waals surface area (Å²) in [5.74, 6) is 1.31. The van der Waals surface area contributed by atoms with Crippen LogP contribution in [0.2, 0.25) is 0 Å². The van der Waals surface area contributed by atoms with E-state index in [1.165, 1.54) is 11.1 Å². The van der Waals surface area contributed by atoms with Crippen molar-refractivity contribution in [3.05, 3.63) is 52.5 Å². The fraction of sp³-hybridized carbons (Fsp3) is 0.312. The molecular formula is C16H18N2O2. The summed E-state index contributed by atoms with van der Waals surface area (Å²) in [7, 11) is 0. The van der Waals surface area contributed by atoms with Gasteiger partial charge in [-0.05, 0) is 50.1 Å². The monoisotopic (exact) mass is 270 g/mol. The molecule has 0 fully saturated rings. The van der Waals surface area contributed by atoms with Crippen LogP contribution in [0.25, 0.3) is 0 Å². The Morgan fingerprint density at radius 1 is 1.35 bits per heavy atom. The van der Waals surface area contributed by atoms with Crippen LogP contribution >= 0.6 is 0 Å². The van der Waals surface area contributed by atoms with Gasteiger partial charge in [0.05, 0.1) is 5.56 Å². The van der Waals surface area contributed by atoms with Gasteiger partial charge < -0.3 is 15.1 Å². The highest BCUT2D eigenvalue weighted by Crippen LogP contribution is 2.24. The Bertz CT molecular complexity index is 658. The summed E-state index contributed by atoms with van der Waals surface area (Å²) in [6.45, 7) is 5.47. The number of carbonyl (C=O) groups excluding carboxylic acids is 1. The summed E-state index contributed by atoms with van der Waals surface area (Å²) in [5.41, 5.74) is 4.01. The van der Waals surface area contributed by atoms with Crippen LogP contribution in [-0.4, -0.2) is 12.5 Å². The maximum absolute atomic E-state index is 12.3. The molecule has 2 heterocycles. The summed E-state index contributed by atoms with van der Waals surface area (Å²) in [4.78, 5) is 12.3. The molecule has 0 bridgehead atoms. The number of rotatable bonds is 2. The molecule has 2 N–H and O–H groups in total. The van der Waals surface area contributed by atoms with Crippen molar-refractivity contribution in [1.29, 1.82) is 0 Å². The number of hydrogen-bond donors (Lipinski definition) is 2. The van der Waals surface area contributed by atoms with E-state index in [4.69, 9.17) is 4.42 Å². The largest absolute Gasteiger partial charge is 0.466 e. The zero-order chi connectivity index (χ0) is 14.1. The lowest BCUT2D eigenvalue weighted by Crippen LogP contribution is -2.25. The number of aryl methyl sites for hydroxylation is 2. The third-order valence-electron chi connectivity index (χ3n) is 3.67. The van der Waals surface area contributed by atoms with Gasteiger partial charge in [-0.1, -0.05) is 12.1 Å². The van der Waals surface area contributed by atoms with Gasteiger partial charge in [-0.25, -0.2) is 0 Å². The average Bonchev–Trinajstić information content (AvgIpc) is 2.78. The van der Waals surface area contributed by atoms with E-state index in [0.29, 0.717) is 11.3 Å². The fourth-order valence-electron chi connectivity index (χ4n) is 2.69. The molecule has 0 atom stereocenters. The van der Waals surface area contributed by atoms with Crippen molar-refractivity contribution in [3.8, 4) is 0 Å². The van der Waals surface area contributed by atoms with E-state index in [-0.39, 0.29) is 5.91 Å². The molecule has 0 spiro atoms. The molecule has 3 rings (SSSR count). The molecular weight excluding hydrogens is 252 g/mol. The predicted molar refractivity (Wildman–Crippen MR) is 78.0 cm³/mol. The van der Waals surface area contributed by atoms with E-state index in [9.17, 15) is 4.79 Å². The van der Waals surface area contributed by atoms with E-state index in [1.54, 1.807) is 6.07 Å². The quantitative estimate of drug-likeness (QED) is 0.882. The average molecular weight is 270 g/mol. The van der Waals surface area contributed by atoms with Crippen LogP contribution in [0, 0.1) is 13.8 Å². The smallest absolute Gasteiger partial charge is 0.259 e. The van der Waals surface area contributed by atoms with Gasteiger partial charge in [0.2, 0.25) is 0 Å². The topological polar surface area (TPSA) is 54.3 Å². The molecule has 104 valence electrons. The number of carbonyl (C=O) groups is 1. The van der Waals surface area contributed by atoms with Crippen molar-refractivity contribution in [2.24, 2.45) is 0 Å². The highest BCUT2D eigenvalue weighted by molar-refractivity contribution is 6.05. The van der Waals surface area contributed by atoms with Gasteiger partial charge in [0.25, 0.3) is 5.91 Å². The molecule has 0 aliphatic carbocycles. The second-order valence-corrected chi connectivity index (χ2v) is 5.15. The van der Waals surface area contributed by atoms with E-state index < -0.39 is 0 Å². The lowest BCUT2D eigenvalue weighted by atomic mass is 9.99. The standard InChI is InChI=1S/C16H18N2O2/c1-10-8-14(11(2)20-10)16(19)18-15-5-3-4-12-9-17-7-6-13(12)15/h3-5,8,17H,6-7,9H2,1-2H3,(H,18,19). The summed E-state index contributed by atoms with van der Waals surface area (Å²) < 4.78 is 5.42. The number of nitrogens with one attached hydrogen (secondary N) is 2. The maximum Gasteiger partial charge on any atom is 0.259 e. The maximum atomic E-state index is 12.3. The number of furan rings is 1. The normalized spacial score (nSPS) is 13.9. The minimum atomic E-state index is -0.105. The van der Waals surface area contributed by atoms with Gasteiger partial charge in [-0.2, -0.15) is 0 Å². The zero-order valence-electron chi connectivity index (χ0n) is 11.7. The summed E-state index contributed by atoms with van der Waals surface area (Å²) in [6.07, 6.45) is 0.940. The molecule has 20 heavy (non-hydrogen) atoms. The molecule has 1 amide bonds. The molecule has 1 aliphatic rings. The third kappa shape index (κ3) is 2.34. The molecule has 0 saturated heterocycles. The molecule has 4 heteroatoms. The molecule has 1 aliphatic heterocycles. The van der Waals surface area contributed by atoms with Crippen LogP contribution in [0.3, 0.4) is 0 Å². The molecule has 1 aromatic carbocycles. The summed E-state index contributed by atoms with van der Waals surface area (Å²) in [6, 6.07) is 7.82. The Morgan fingerprint density at radius 3 is 2.95 bits per heavy atom. The van der Waals surface area contributed by atoms with E-state index in [1.807, 2.05) is 26.0 Å². The first-order valence-electron chi connectivity index (χ1n) is 6.85. The minimum absolute atomic E-state index is 0.105. The number of amides is 1. The number of fused-ring (bicyclic) bond motifs is 1. The Morgan fingerprint density at radius 2 is 2.20 bits per heavy atom. The summed E-state index contributed by atoms with van der Waals surface area (Å²) >= 11 is 0. The van der Waals surface area contributed by atoms with Gasteiger partial charge in [0.1, 0.15) is 11.5 Å². The van der Waals surface area contributed by atoms with Gasteiger partial charge in [0, 0.05) is 12.2 Å². The van der Waals surface area contributed by atoms with Crippen LogP contribution < -0.4 is 10.6 Å². The van der Waals surface area contributed by atoms with Crippen molar-refractivity contribution >= 4 is 11.6 Å². The Hall–Kier alpha value is -2.07. The van der Waals surface area contributed by atoms with Crippen molar-refractivity contribution in [1.82, 2.24) is 5.32 Å². The molecule has 0 unspecified atom stereocenters. The second kappa shape index (κ2) is 5.13. The van der Waals surface area contributed by atoms with Crippen molar-refractivity contribution < 1.29 is 9.21 Å². The lowest BCUT2D eigenvalue weighted by molar-refractivity contribution is 0.102. The predicted octanol–water partition coefficient (Wildman–Crippen LogP) is 2.79. The molecule has 0 saturated carbocycles. The Balaban J connectivity index is 1.88. The molecule has 2 aromatic rings. The van der Waals surface area contributed by atoms with Crippen LogP contribution in [0.1, 0.15) is 33.0 Å². The Kier molecular flexibility index (Phi) is 3.32. The highest BCUT2D eigenvalue weighted by atomic mass is 16.3. The fourth-order valence-corrected chi connectivity index (χ4v) is 2.69. The first kappa shape index (κ1) is 12.9. The second-order valence-electron chi connectivity index (χ2n) is 5.15. The van der Waals surface area contributed by atoms with E-state index in [0.717, 1.165) is 31.0 Å². The highest BCUT2D eigenvalue weighted by Gasteiger charge is 2.17. The molecule has 0 radical (unpaired) electrons. The van der Waals surface area contributed by atoms with Crippen LogP contribution in [0.4, 0.5) is 5.69 Å². The van der Waals surface area contributed by atoms with Crippen LogP contribution in [0.15, 0.2) is 28.7 Å². The first-order chi connectivity index (χ1) is 9.65. The van der Waals surface area contributed by atoms with E-state index >= 15 is 0 Å². The first-order valence-corrected chi connectivity index (χ1v) is 6.85. The number of hydrogen-bond acceptors (Lipinski definition) is 3. The zero-order valence-corrected chi connectivity index (χ0v) is 11.7. The van der Waals surface area contributed by atoms with Gasteiger partial charge in [-0.3, -0.25) is 4.79 Å². The van der Waals surface area contributed by atoms with Crippen molar-refractivity contribution in [3.63, 3.8) is 0 Å². The molecule has 4 nitrogen and oxygen atoms in total. The molecule has 1 aromatic heterocycles. The van der Waals surface area contributed by atoms with Gasteiger partial charge in [-0.15, -0.1) is 0 Å². The van der Waals surface area contributed by atoms with Crippen LogP contribution in [0.5, 0.6) is 0 Å². The SMILES string of the molecule is Cc1cc(C(=O)Nc2cccc3c2CCNC3)c(C)o1. The number of anilines is 1. The lowest BCUT2D eigenvalue weighted by Gasteiger charge is -2.20. The van der Waals surface area contributed by atoms with Crippen LogP contribution in [-0.2, 0) is 13.0 Å². The number of benzene rings is 1. The Labute approximate surface area is 118 Å².